The van der Waals surface area contributed by atoms with Crippen molar-refractivity contribution in [2.45, 2.75) is 118 Å². The van der Waals surface area contributed by atoms with Gasteiger partial charge in [-0.2, -0.15) is 24.9 Å². The Balaban J connectivity index is 1.03. The van der Waals surface area contributed by atoms with Gasteiger partial charge in [0, 0.05) is 42.9 Å². The molecular formula is C31H45F3N8O9S. The van der Waals surface area contributed by atoms with Gasteiger partial charge in [-0.3, -0.25) is 9.59 Å². The van der Waals surface area contributed by atoms with Gasteiger partial charge in [-0.25, -0.2) is 14.8 Å². The molecule has 4 aliphatic rings. The third kappa shape index (κ3) is 9.85. The molecule has 0 aromatic carbocycles. The molecule has 52 heavy (non-hydrogen) atoms. The molecule has 3 saturated heterocycles. The van der Waals surface area contributed by atoms with E-state index in [0.29, 0.717) is 37.5 Å². The summed E-state index contributed by atoms with van der Waals surface area (Å²) in [4.78, 5) is 46.4. The maximum Gasteiger partial charge on any atom is 0.442 e. The Bertz CT molecular complexity index is 1410. The molecule has 4 aliphatic heterocycles. The van der Waals surface area contributed by atoms with E-state index in [1.165, 1.54) is 4.90 Å². The minimum atomic E-state index is -4.75. The van der Waals surface area contributed by atoms with Crippen LogP contribution in [-0.4, -0.2) is 139 Å². The number of hydrogen-bond donors (Lipinski definition) is 7. The van der Waals surface area contributed by atoms with Gasteiger partial charge in [-0.05, 0) is 25.7 Å². The number of aliphatic hydroxyl groups is 4. The van der Waals surface area contributed by atoms with Gasteiger partial charge in [-0.15, -0.1) is 10.2 Å². The first-order valence-corrected chi connectivity index (χ1v) is 18.3. The molecule has 3 fully saturated rings. The quantitative estimate of drug-likeness (QED) is 0.0740. The number of fused-ring (bicyclic) bond motifs is 1. The van der Waals surface area contributed by atoms with Crippen molar-refractivity contribution in [1.82, 2.24) is 30.8 Å². The minimum absolute atomic E-state index is 0.0276. The molecule has 0 spiro atoms. The average Bonchev–Trinajstić information content (AvgIpc) is 3.75. The van der Waals surface area contributed by atoms with E-state index in [9.17, 15) is 48.0 Å². The van der Waals surface area contributed by atoms with E-state index in [1.807, 2.05) is 11.8 Å². The van der Waals surface area contributed by atoms with Gasteiger partial charge in [-0.1, -0.05) is 19.3 Å². The van der Waals surface area contributed by atoms with E-state index < -0.39 is 61.7 Å². The largest absolute Gasteiger partial charge is 0.442 e. The van der Waals surface area contributed by atoms with Gasteiger partial charge in [0.15, 0.2) is 6.29 Å². The molecule has 1 aromatic heterocycles. The third-order valence-electron chi connectivity index (χ3n) is 9.47. The van der Waals surface area contributed by atoms with Crippen LogP contribution in [0.4, 0.5) is 18.0 Å². The van der Waals surface area contributed by atoms with Crippen LogP contribution < -0.4 is 16.0 Å². The van der Waals surface area contributed by atoms with Crippen LogP contribution in [-0.2, 0) is 31.3 Å². The van der Waals surface area contributed by atoms with E-state index in [0.717, 1.165) is 43.8 Å². The summed E-state index contributed by atoms with van der Waals surface area (Å²) in [5.41, 5.74) is -3.05. The molecule has 17 nitrogen and oxygen atoms in total. The summed E-state index contributed by atoms with van der Waals surface area (Å²) >= 11 is 1.85. The van der Waals surface area contributed by atoms with Gasteiger partial charge in [0.05, 0.1) is 30.8 Å². The lowest BCUT2D eigenvalue weighted by Gasteiger charge is -2.39. The molecule has 7 N–H and O–H groups in total. The van der Waals surface area contributed by atoms with Crippen LogP contribution in [0.1, 0.15) is 62.8 Å². The Morgan fingerprint density at radius 3 is 2.46 bits per heavy atom. The summed E-state index contributed by atoms with van der Waals surface area (Å²) in [7, 11) is 0. The van der Waals surface area contributed by atoms with Crippen molar-refractivity contribution in [3.63, 3.8) is 0 Å². The highest BCUT2D eigenvalue weighted by Gasteiger charge is 2.65. The second-order valence-corrected chi connectivity index (χ2v) is 14.5. The van der Waals surface area contributed by atoms with Crippen LogP contribution in [0.2, 0.25) is 0 Å². The number of urea groups is 1. The predicted octanol–water partition coefficient (Wildman–Crippen LogP) is 0.205. The summed E-state index contributed by atoms with van der Waals surface area (Å²) < 4.78 is 50.9. The highest BCUT2D eigenvalue weighted by Crippen LogP contribution is 2.51. The Morgan fingerprint density at radius 2 is 1.77 bits per heavy atom. The summed E-state index contributed by atoms with van der Waals surface area (Å²) in [6.07, 6.45) is -5.00. The Morgan fingerprint density at radius 1 is 1.04 bits per heavy atom. The van der Waals surface area contributed by atoms with E-state index in [4.69, 9.17) is 9.47 Å². The number of carbonyl (C=O) groups excluding carboxylic acids is 3. The van der Waals surface area contributed by atoms with Crippen molar-refractivity contribution in [3.8, 4) is 0 Å². The van der Waals surface area contributed by atoms with Gasteiger partial charge in [0.25, 0.3) is 0 Å². The van der Waals surface area contributed by atoms with Crippen LogP contribution in [0.15, 0.2) is 22.6 Å². The zero-order valence-electron chi connectivity index (χ0n) is 28.3. The van der Waals surface area contributed by atoms with Crippen molar-refractivity contribution in [2.75, 3.05) is 32.1 Å². The number of amides is 4. The van der Waals surface area contributed by atoms with E-state index in [1.54, 1.807) is 0 Å². The topological polar surface area (TPSA) is 240 Å². The Hall–Kier alpha value is -3.21. The summed E-state index contributed by atoms with van der Waals surface area (Å²) in [6.45, 7) is -0.832. The molecule has 5 heterocycles. The lowest BCUT2D eigenvalue weighted by Crippen LogP contribution is -2.59. The standard InChI is InChI=1S/C31H45F3N8O9S/c32-31(33,34)30(40-41-30)17-11-36-21(37-12-17)13-42(23(45)15-50-28-27(48)26(47)25(46)19(14-43)51-28)10-6-2-1-5-9-35-22(44)8-4-3-7-20-24-18(16-52-20)38-29(49)39-24/h11-12,18-20,24-28,43,46-48H,1-10,13-16H2,(H,35,44)(H2,38,39,49)/t18?,19-,20?,24?,25-,26+,27+,28+/m1/s1. The molecule has 0 saturated carbocycles. The fourth-order valence-electron chi connectivity index (χ4n) is 6.34. The molecule has 3 unspecified atom stereocenters. The molecule has 8 atom stereocenters. The van der Waals surface area contributed by atoms with E-state index in [2.05, 4.69) is 36.1 Å². The van der Waals surface area contributed by atoms with Gasteiger partial charge in [0.1, 0.15) is 36.8 Å². The van der Waals surface area contributed by atoms with Gasteiger partial charge < -0.3 is 50.8 Å². The first kappa shape index (κ1) is 40.0. The molecule has 5 rings (SSSR count). The first-order chi connectivity index (χ1) is 24.8. The van der Waals surface area contributed by atoms with E-state index in [-0.39, 0.29) is 48.5 Å². The zero-order chi connectivity index (χ0) is 37.5. The number of thioether (sulfide) groups is 1. The highest BCUT2D eigenvalue weighted by atomic mass is 32.2. The molecule has 290 valence electrons. The number of ether oxygens (including phenoxy) is 2. The zero-order valence-corrected chi connectivity index (χ0v) is 29.1. The minimum Gasteiger partial charge on any atom is -0.394 e. The lowest BCUT2D eigenvalue weighted by molar-refractivity contribution is -0.299. The fourth-order valence-corrected chi connectivity index (χ4v) is 7.89. The maximum atomic E-state index is 13.4. The summed E-state index contributed by atoms with van der Waals surface area (Å²) in [6, 6.07) is 0.214. The molecule has 1 aromatic rings. The molecule has 4 amide bonds. The second-order valence-electron chi connectivity index (χ2n) is 13.2. The number of unbranched alkanes of at least 4 members (excludes halogenated alkanes) is 4. The normalized spacial score (nSPS) is 28.9. The fraction of sp³-hybridized carbons (Fsp3) is 0.774. The van der Waals surface area contributed by atoms with Crippen LogP contribution in [0.25, 0.3) is 0 Å². The number of carbonyl (C=O) groups is 3. The molecule has 0 aliphatic carbocycles. The predicted molar refractivity (Wildman–Crippen MR) is 175 cm³/mol. The number of nitrogens with one attached hydrogen (secondary N) is 3. The second kappa shape index (κ2) is 17.7. The van der Waals surface area contributed by atoms with E-state index >= 15 is 0 Å². The third-order valence-corrected chi connectivity index (χ3v) is 11.0. The average molecular weight is 763 g/mol. The molecule has 0 bridgehead atoms. The van der Waals surface area contributed by atoms with Crippen molar-refractivity contribution in [1.29, 1.82) is 0 Å². The van der Waals surface area contributed by atoms with Crippen molar-refractivity contribution >= 4 is 29.6 Å². The van der Waals surface area contributed by atoms with Crippen LogP contribution in [0.5, 0.6) is 0 Å². The lowest BCUT2D eigenvalue weighted by atomic mass is 9.99. The summed E-state index contributed by atoms with van der Waals surface area (Å²) in [5, 5.41) is 55.1. The van der Waals surface area contributed by atoms with Gasteiger partial charge >= 0.3 is 17.9 Å². The smallest absolute Gasteiger partial charge is 0.394 e. The van der Waals surface area contributed by atoms with Crippen molar-refractivity contribution < 1.29 is 57.5 Å². The van der Waals surface area contributed by atoms with Crippen LogP contribution in [0, 0.1) is 0 Å². The molecule has 0 radical (unpaired) electrons. The number of rotatable bonds is 19. The van der Waals surface area contributed by atoms with Crippen molar-refractivity contribution in [2.24, 2.45) is 10.2 Å². The molecular weight excluding hydrogens is 717 g/mol. The highest BCUT2D eigenvalue weighted by molar-refractivity contribution is 8.00. The first-order valence-electron chi connectivity index (χ1n) is 17.3. The SMILES string of the molecule is O=C(CCCCC1SCC2NC(=O)NC21)NCCCCCCN(Cc1ncc(C2(C(F)(F)F)N=N2)cn1)C(=O)CO[C@H]1O[C@H](CO)[C@@H](O)[C@H](O)[C@@H]1O. The number of halogens is 3. The Labute approximate surface area is 301 Å². The van der Waals surface area contributed by atoms with Crippen LogP contribution in [0.3, 0.4) is 0 Å². The van der Waals surface area contributed by atoms with Crippen molar-refractivity contribution in [3.05, 3.63) is 23.8 Å². The number of aliphatic hydroxyl groups excluding tert-OH is 4. The Kier molecular flexibility index (Phi) is 13.6. The summed E-state index contributed by atoms with van der Waals surface area (Å²) in [5.74, 6) is 0.306. The van der Waals surface area contributed by atoms with Gasteiger partial charge in [0.2, 0.25) is 11.8 Å². The number of alkyl halides is 3. The monoisotopic (exact) mass is 762 g/mol. The number of hydrogen-bond acceptors (Lipinski definition) is 14. The number of aromatic nitrogens is 2. The molecule has 21 heteroatoms. The maximum absolute atomic E-state index is 13.4. The number of nitrogens with zero attached hydrogens (tertiary/aromatic N) is 5. The van der Waals surface area contributed by atoms with Crippen LogP contribution >= 0.6 is 11.8 Å².